The zero-order valence-electron chi connectivity index (χ0n) is 22.9. The second kappa shape index (κ2) is 12.1. The number of carbonyl (C=O) groups excluding carboxylic acids is 2. The molecule has 4 heterocycles. The van der Waals surface area contributed by atoms with Gasteiger partial charge in [0.15, 0.2) is 5.13 Å². The number of carboxylic acids is 1. The molecule has 1 unspecified atom stereocenters. The first-order valence-electron chi connectivity index (χ1n) is 14.5. The van der Waals surface area contributed by atoms with Gasteiger partial charge in [0.05, 0.1) is 24.1 Å². The lowest BCUT2D eigenvalue weighted by Gasteiger charge is -2.29. The number of rotatable bonds is 10. The highest BCUT2D eigenvalue weighted by atomic mass is 32.1. The number of aromatic nitrogens is 2. The summed E-state index contributed by atoms with van der Waals surface area (Å²) in [5, 5.41) is 12.2. The fourth-order valence-corrected chi connectivity index (χ4v) is 6.71. The average Bonchev–Trinajstić information content (AvgIpc) is 3.53. The molecule has 3 aromatic rings. The zero-order chi connectivity index (χ0) is 28.3. The molecule has 10 heteroatoms. The van der Waals surface area contributed by atoms with Crippen molar-refractivity contribution in [2.24, 2.45) is 5.92 Å². The van der Waals surface area contributed by atoms with Gasteiger partial charge in [0.1, 0.15) is 5.82 Å². The number of anilines is 2. The molecular weight excluding hydrogens is 540 g/mol. The molecule has 1 N–H and O–H groups in total. The van der Waals surface area contributed by atoms with Gasteiger partial charge in [-0.15, -0.1) is 11.3 Å². The third kappa shape index (κ3) is 6.18. The van der Waals surface area contributed by atoms with Gasteiger partial charge >= 0.3 is 5.97 Å². The summed E-state index contributed by atoms with van der Waals surface area (Å²) in [6.07, 6.45) is 7.98. The van der Waals surface area contributed by atoms with Gasteiger partial charge in [-0.25, -0.2) is 9.97 Å². The molecule has 3 aliphatic rings. The molecule has 6 rings (SSSR count). The Bertz CT molecular complexity index is 1410. The highest BCUT2D eigenvalue weighted by molar-refractivity contribution is 7.14. The molecule has 0 spiro atoms. The standard InChI is InChI=1S/C31H34N4O5S/c36-28-9-5-14-34(28)27-13-10-20(18-32-27)24-7-1-2-8-25(24)26-19-41-31(33-26)35(22-11-12-22)30(39)21(17-29(37)38)16-23-6-3-4-15-40-23/h1-2,7-8,10,13,18-19,21-23H,3-6,9,11-12,14-17H2,(H,37,38)/t21?,23-/m1/s1. The van der Waals surface area contributed by atoms with Crippen molar-refractivity contribution in [1.29, 1.82) is 0 Å². The lowest BCUT2D eigenvalue weighted by atomic mass is 9.93. The topological polar surface area (TPSA) is 113 Å². The largest absolute Gasteiger partial charge is 0.481 e. The number of hydrogen-bond acceptors (Lipinski definition) is 7. The average molecular weight is 575 g/mol. The molecule has 2 amide bonds. The molecule has 2 atom stereocenters. The first-order valence-corrected chi connectivity index (χ1v) is 15.3. The van der Waals surface area contributed by atoms with Crippen LogP contribution in [0.15, 0.2) is 48.0 Å². The predicted octanol–water partition coefficient (Wildman–Crippen LogP) is 5.54. The van der Waals surface area contributed by atoms with Crippen LogP contribution in [0.1, 0.15) is 57.8 Å². The molecule has 214 valence electrons. The Morgan fingerprint density at radius 3 is 2.59 bits per heavy atom. The minimum absolute atomic E-state index is 0.0466. The van der Waals surface area contributed by atoms with Crippen molar-refractivity contribution < 1.29 is 24.2 Å². The van der Waals surface area contributed by atoms with Gasteiger partial charge in [0, 0.05) is 48.3 Å². The SMILES string of the molecule is O=C(O)CC(C[C@H]1CCCCO1)C(=O)N(c1nc(-c2ccccc2-c2ccc(N3CCCC3=O)nc2)cs1)C1CC1. The molecule has 41 heavy (non-hydrogen) atoms. The van der Waals surface area contributed by atoms with Crippen molar-refractivity contribution >= 4 is 40.1 Å². The number of thiazole rings is 1. The van der Waals surface area contributed by atoms with E-state index in [0.717, 1.165) is 60.9 Å². The lowest BCUT2D eigenvalue weighted by molar-refractivity contribution is -0.141. The normalized spacial score (nSPS) is 19.8. The third-order valence-electron chi connectivity index (χ3n) is 8.05. The molecule has 3 fully saturated rings. The van der Waals surface area contributed by atoms with E-state index in [-0.39, 0.29) is 30.4 Å². The van der Waals surface area contributed by atoms with Crippen molar-refractivity contribution in [1.82, 2.24) is 9.97 Å². The summed E-state index contributed by atoms with van der Waals surface area (Å²) >= 11 is 1.41. The van der Waals surface area contributed by atoms with E-state index < -0.39 is 11.9 Å². The van der Waals surface area contributed by atoms with Crippen molar-refractivity contribution in [2.45, 2.75) is 69.9 Å². The van der Waals surface area contributed by atoms with Crippen LogP contribution in [0.25, 0.3) is 22.4 Å². The van der Waals surface area contributed by atoms with E-state index in [4.69, 9.17) is 9.72 Å². The van der Waals surface area contributed by atoms with Gasteiger partial charge in [0.2, 0.25) is 11.8 Å². The van der Waals surface area contributed by atoms with E-state index >= 15 is 0 Å². The smallest absolute Gasteiger partial charge is 0.304 e. The highest BCUT2D eigenvalue weighted by Crippen LogP contribution is 2.40. The maximum Gasteiger partial charge on any atom is 0.304 e. The van der Waals surface area contributed by atoms with Gasteiger partial charge in [-0.2, -0.15) is 0 Å². The summed E-state index contributed by atoms with van der Waals surface area (Å²) in [4.78, 5) is 50.7. The van der Waals surface area contributed by atoms with E-state index in [9.17, 15) is 19.5 Å². The van der Waals surface area contributed by atoms with E-state index in [1.54, 1.807) is 16.0 Å². The fraction of sp³-hybridized carbons (Fsp3) is 0.452. The van der Waals surface area contributed by atoms with Gasteiger partial charge in [-0.1, -0.05) is 24.3 Å². The summed E-state index contributed by atoms with van der Waals surface area (Å²) in [6.45, 7) is 1.36. The number of ether oxygens (including phenoxy) is 1. The zero-order valence-corrected chi connectivity index (χ0v) is 23.7. The van der Waals surface area contributed by atoms with E-state index in [2.05, 4.69) is 4.98 Å². The minimum atomic E-state index is -0.975. The predicted molar refractivity (Wildman–Crippen MR) is 157 cm³/mol. The number of carbonyl (C=O) groups is 3. The van der Waals surface area contributed by atoms with Crippen LogP contribution in [0.2, 0.25) is 0 Å². The first-order chi connectivity index (χ1) is 20.0. The Kier molecular flexibility index (Phi) is 8.11. The molecule has 2 aromatic heterocycles. The van der Waals surface area contributed by atoms with Gasteiger partial charge in [0.25, 0.3) is 0 Å². The van der Waals surface area contributed by atoms with Crippen LogP contribution in [0.4, 0.5) is 10.9 Å². The maximum atomic E-state index is 13.9. The molecular formula is C31H34N4O5S. The van der Waals surface area contributed by atoms with Crippen LogP contribution < -0.4 is 9.80 Å². The van der Waals surface area contributed by atoms with E-state index in [1.807, 2.05) is 41.8 Å². The van der Waals surface area contributed by atoms with Crippen molar-refractivity contribution in [3.8, 4) is 22.4 Å². The van der Waals surface area contributed by atoms with Crippen LogP contribution in [0, 0.1) is 5.92 Å². The Morgan fingerprint density at radius 1 is 1.10 bits per heavy atom. The first kappa shape index (κ1) is 27.5. The molecule has 0 radical (unpaired) electrons. The van der Waals surface area contributed by atoms with Crippen molar-refractivity contribution in [2.75, 3.05) is 23.0 Å². The number of aliphatic carboxylic acids is 1. The van der Waals surface area contributed by atoms with Crippen LogP contribution in [0.3, 0.4) is 0 Å². The number of nitrogens with zero attached hydrogens (tertiary/aromatic N) is 4. The van der Waals surface area contributed by atoms with Gasteiger partial charge in [-0.05, 0) is 62.6 Å². The van der Waals surface area contributed by atoms with Crippen LogP contribution in [0.5, 0.6) is 0 Å². The summed E-state index contributed by atoms with van der Waals surface area (Å²) in [6, 6.07) is 11.8. The molecule has 1 aromatic carbocycles. The highest BCUT2D eigenvalue weighted by Gasteiger charge is 2.40. The molecule has 2 aliphatic heterocycles. The minimum Gasteiger partial charge on any atom is -0.481 e. The Morgan fingerprint density at radius 2 is 1.93 bits per heavy atom. The molecule has 2 saturated heterocycles. The van der Waals surface area contributed by atoms with Crippen molar-refractivity contribution in [3.05, 3.63) is 48.0 Å². The van der Waals surface area contributed by atoms with Crippen LogP contribution in [-0.4, -0.2) is 58.2 Å². The summed E-state index contributed by atoms with van der Waals surface area (Å²) in [5.41, 5.74) is 3.54. The fourth-order valence-electron chi connectivity index (χ4n) is 5.80. The quantitative estimate of drug-likeness (QED) is 0.338. The van der Waals surface area contributed by atoms with Gasteiger partial charge < -0.3 is 9.84 Å². The van der Waals surface area contributed by atoms with Gasteiger partial charge in [-0.3, -0.25) is 24.2 Å². The number of amides is 2. The number of hydrogen-bond donors (Lipinski definition) is 1. The Labute approximate surface area is 243 Å². The summed E-state index contributed by atoms with van der Waals surface area (Å²) in [5.74, 6) is -1.03. The monoisotopic (exact) mass is 574 g/mol. The molecule has 1 saturated carbocycles. The number of benzene rings is 1. The summed E-state index contributed by atoms with van der Waals surface area (Å²) in [7, 11) is 0. The third-order valence-corrected chi connectivity index (χ3v) is 8.89. The van der Waals surface area contributed by atoms with Crippen molar-refractivity contribution in [3.63, 3.8) is 0 Å². The maximum absolute atomic E-state index is 13.9. The number of pyridine rings is 1. The van der Waals surface area contributed by atoms with Crippen LogP contribution >= 0.6 is 11.3 Å². The molecule has 9 nitrogen and oxygen atoms in total. The van der Waals surface area contributed by atoms with E-state index in [1.165, 1.54) is 11.3 Å². The summed E-state index contributed by atoms with van der Waals surface area (Å²) < 4.78 is 5.86. The second-order valence-electron chi connectivity index (χ2n) is 11.1. The van der Waals surface area contributed by atoms with Crippen LogP contribution in [-0.2, 0) is 19.1 Å². The van der Waals surface area contributed by atoms with E-state index in [0.29, 0.717) is 36.9 Å². The Balaban J connectivity index is 1.25. The molecule has 1 aliphatic carbocycles. The Hall–Kier alpha value is -3.63. The number of carboxylic acid groups (broad SMARTS) is 1. The lowest BCUT2D eigenvalue weighted by Crippen LogP contribution is -2.40. The molecule has 0 bridgehead atoms. The second-order valence-corrected chi connectivity index (χ2v) is 11.9.